The molecule has 28 heavy (non-hydrogen) atoms. The molecule has 0 aliphatic heterocycles. The van der Waals surface area contributed by atoms with E-state index in [1.54, 1.807) is 19.2 Å². The molecule has 9 heteroatoms. The molecule has 2 N–H and O–H groups in total. The number of aromatic nitrogens is 3. The fraction of sp³-hybridized carbons (Fsp3) is 0.316. The molecule has 0 saturated heterocycles. The Hall–Kier alpha value is -3.07. The van der Waals surface area contributed by atoms with Crippen molar-refractivity contribution < 1.29 is 18.7 Å². The molecule has 0 spiro atoms. The molecule has 4 rings (SSSR count). The monoisotopic (exact) mass is 400 g/mol. The van der Waals surface area contributed by atoms with Crippen LogP contribution in [0.5, 0.6) is 11.5 Å². The van der Waals surface area contributed by atoms with Crippen LogP contribution in [-0.4, -0.2) is 27.8 Å². The van der Waals surface area contributed by atoms with Crippen molar-refractivity contribution in [2.24, 2.45) is 0 Å². The van der Waals surface area contributed by atoms with Crippen molar-refractivity contribution in [2.75, 3.05) is 7.11 Å². The Balaban J connectivity index is 1.35. The molecule has 2 heterocycles. The van der Waals surface area contributed by atoms with Gasteiger partial charge in [-0.1, -0.05) is 12.1 Å². The molecular formula is C19H20N4O4S. The zero-order valence-corrected chi connectivity index (χ0v) is 16.1. The van der Waals surface area contributed by atoms with Crippen molar-refractivity contribution in [2.45, 2.75) is 32.0 Å². The number of aromatic amines is 1. The number of benzene rings is 1. The van der Waals surface area contributed by atoms with Crippen LogP contribution >= 0.6 is 12.2 Å². The van der Waals surface area contributed by atoms with E-state index in [-0.39, 0.29) is 24.8 Å². The second-order valence-electron chi connectivity index (χ2n) is 6.43. The number of amides is 1. The summed E-state index contributed by atoms with van der Waals surface area (Å²) in [6.45, 7) is 0.463. The Morgan fingerprint density at radius 1 is 1.32 bits per heavy atom. The smallest absolute Gasteiger partial charge is 0.287 e. The average Bonchev–Trinajstić information content (AvgIpc) is 3.31. The summed E-state index contributed by atoms with van der Waals surface area (Å²) in [4.78, 5) is 12.4. The molecule has 2 aromatic heterocycles. The largest absolute Gasteiger partial charge is 0.493 e. The summed E-state index contributed by atoms with van der Waals surface area (Å²) in [6.07, 6.45) is 2.17. The highest BCUT2D eigenvalue weighted by Crippen LogP contribution is 2.35. The number of hydrogen-bond acceptors (Lipinski definition) is 6. The zero-order valence-electron chi connectivity index (χ0n) is 15.3. The van der Waals surface area contributed by atoms with Gasteiger partial charge in [-0.25, -0.2) is 0 Å². The quantitative estimate of drug-likeness (QED) is 0.563. The lowest BCUT2D eigenvalue weighted by Crippen LogP contribution is -2.24. The molecule has 1 aliphatic carbocycles. The second kappa shape index (κ2) is 7.89. The van der Waals surface area contributed by atoms with Gasteiger partial charge in [-0.15, -0.1) is 0 Å². The van der Waals surface area contributed by atoms with Crippen molar-refractivity contribution in [1.82, 2.24) is 20.1 Å². The van der Waals surface area contributed by atoms with E-state index in [1.807, 2.05) is 28.8 Å². The van der Waals surface area contributed by atoms with Crippen LogP contribution in [0.3, 0.4) is 0 Å². The van der Waals surface area contributed by atoms with E-state index < -0.39 is 0 Å². The molecular weight excluding hydrogens is 380 g/mol. The Bertz CT molecular complexity index is 1030. The van der Waals surface area contributed by atoms with E-state index in [4.69, 9.17) is 26.1 Å². The maximum Gasteiger partial charge on any atom is 0.287 e. The third-order valence-electron chi connectivity index (χ3n) is 4.42. The van der Waals surface area contributed by atoms with Crippen LogP contribution in [0.2, 0.25) is 0 Å². The Morgan fingerprint density at radius 2 is 2.11 bits per heavy atom. The number of ether oxygens (including phenoxy) is 2. The van der Waals surface area contributed by atoms with E-state index in [9.17, 15) is 4.79 Å². The first-order chi connectivity index (χ1) is 13.7. The van der Waals surface area contributed by atoms with Crippen molar-refractivity contribution >= 4 is 18.1 Å². The minimum absolute atomic E-state index is 0.189. The highest BCUT2D eigenvalue weighted by atomic mass is 32.1. The van der Waals surface area contributed by atoms with Gasteiger partial charge in [0, 0.05) is 6.04 Å². The fourth-order valence-corrected chi connectivity index (χ4v) is 3.18. The molecule has 1 saturated carbocycles. The van der Waals surface area contributed by atoms with Gasteiger partial charge in [0.2, 0.25) is 0 Å². The van der Waals surface area contributed by atoms with Crippen molar-refractivity contribution in [3.63, 3.8) is 0 Å². The van der Waals surface area contributed by atoms with Gasteiger partial charge in [-0.3, -0.25) is 14.5 Å². The van der Waals surface area contributed by atoms with Gasteiger partial charge in [-0.05, 0) is 49.3 Å². The first-order valence-electron chi connectivity index (χ1n) is 8.94. The van der Waals surface area contributed by atoms with Crippen molar-refractivity contribution in [3.8, 4) is 11.5 Å². The standard InChI is InChI=1S/C19H20N4O4S/c1-25-14-4-2-3-5-15(14)26-11-13-8-9-16(27-13)18(24)20-10-17-21-22-19(28)23(17)12-6-7-12/h2-5,8-9,12H,6-7,10-11H2,1H3,(H,20,24)(H,22,28). The van der Waals surface area contributed by atoms with E-state index in [2.05, 4.69) is 15.5 Å². The van der Waals surface area contributed by atoms with Gasteiger partial charge in [0.25, 0.3) is 5.91 Å². The van der Waals surface area contributed by atoms with Crippen molar-refractivity contribution in [1.29, 1.82) is 0 Å². The Kier molecular flexibility index (Phi) is 5.16. The van der Waals surface area contributed by atoms with Crippen LogP contribution in [0.1, 0.15) is 41.0 Å². The summed E-state index contributed by atoms with van der Waals surface area (Å²) in [6, 6.07) is 11.1. The van der Waals surface area contributed by atoms with Crippen LogP contribution in [0.25, 0.3) is 0 Å². The van der Waals surface area contributed by atoms with Gasteiger partial charge in [0.05, 0.1) is 13.7 Å². The lowest BCUT2D eigenvalue weighted by molar-refractivity contribution is 0.0917. The molecule has 1 amide bonds. The minimum atomic E-state index is -0.320. The maximum atomic E-state index is 12.4. The number of hydrogen-bond donors (Lipinski definition) is 2. The van der Waals surface area contributed by atoms with Gasteiger partial charge in [-0.2, -0.15) is 5.10 Å². The summed E-state index contributed by atoms with van der Waals surface area (Å²) in [5.41, 5.74) is 0. The summed E-state index contributed by atoms with van der Waals surface area (Å²) in [5, 5.41) is 9.79. The van der Waals surface area contributed by atoms with Crippen LogP contribution in [0.4, 0.5) is 0 Å². The molecule has 0 unspecified atom stereocenters. The first kappa shape index (κ1) is 18.3. The second-order valence-corrected chi connectivity index (χ2v) is 6.82. The number of furan rings is 1. The lowest BCUT2D eigenvalue weighted by Gasteiger charge is -2.08. The number of para-hydroxylation sites is 2. The normalized spacial score (nSPS) is 13.3. The van der Waals surface area contributed by atoms with Gasteiger partial charge in [0.15, 0.2) is 27.9 Å². The third-order valence-corrected chi connectivity index (χ3v) is 4.71. The molecule has 8 nitrogen and oxygen atoms in total. The molecule has 1 aromatic carbocycles. The Morgan fingerprint density at radius 3 is 2.86 bits per heavy atom. The number of carbonyl (C=O) groups is 1. The van der Waals surface area contributed by atoms with E-state index in [0.717, 1.165) is 12.8 Å². The number of rotatable bonds is 8. The van der Waals surface area contributed by atoms with Gasteiger partial charge in [0.1, 0.15) is 12.4 Å². The van der Waals surface area contributed by atoms with E-state index in [1.165, 1.54) is 0 Å². The van der Waals surface area contributed by atoms with Crippen LogP contribution in [0, 0.1) is 4.77 Å². The summed E-state index contributed by atoms with van der Waals surface area (Å²) in [5.74, 6) is 2.39. The molecule has 146 valence electrons. The van der Waals surface area contributed by atoms with E-state index in [0.29, 0.717) is 33.9 Å². The molecule has 0 atom stereocenters. The number of carbonyl (C=O) groups excluding carboxylic acids is 1. The highest BCUT2D eigenvalue weighted by Gasteiger charge is 2.27. The van der Waals surface area contributed by atoms with Crippen LogP contribution in [0.15, 0.2) is 40.8 Å². The summed E-state index contributed by atoms with van der Waals surface area (Å²) >= 11 is 5.24. The molecule has 0 bridgehead atoms. The maximum absolute atomic E-state index is 12.4. The highest BCUT2D eigenvalue weighted by molar-refractivity contribution is 7.71. The lowest BCUT2D eigenvalue weighted by atomic mass is 10.3. The topological polar surface area (TPSA) is 94.3 Å². The van der Waals surface area contributed by atoms with Gasteiger partial charge >= 0.3 is 0 Å². The summed E-state index contributed by atoms with van der Waals surface area (Å²) in [7, 11) is 1.58. The Labute approximate surface area is 166 Å². The predicted octanol–water partition coefficient (Wildman–Crippen LogP) is 3.39. The SMILES string of the molecule is COc1ccccc1OCc1ccc(C(=O)NCc2n[nH]c(=S)n2C2CC2)o1. The average molecular weight is 400 g/mol. The molecule has 1 aliphatic rings. The molecule has 3 aromatic rings. The zero-order chi connectivity index (χ0) is 19.5. The van der Waals surface area contributed by atoms with Crippen LogP contribution in [-0.2, 0) is 13.2 Å². The molecule has 1 fully saturated rings. The van der Waals surface area contributed by atoms with Crippen molar-refractivity contribution in [3.05, 3.63) is 58.5 Å². The number of H-pyrrole nitrogens is 1. The predicted molar refractivity (Wildman–Crippen MR) is 103 cm³/mol. The third kappa shape index (κ3) is 3.94. The minimum Gasteiger partial charge on any atom is -0.493 e. The fourth-order valence-electron chi connectivity index (χ4n) is 2.88. The van der Waals surface area contributed by atoms with Crippen LogP contribution < -0.4 is 14.8 Å². The number of nitrogens with one attached hydrogen (secondary N) is 2. The molecule has 0 radical (unpaired) electrons. The van der Waals surface area contributed by atoms with E-state index >= 15 is 0 Å². The number of nitrogens with zero attached hydrogens (tertiary/aromatic N) is 2. The van der Waals surface area contributed by atoms with Gasteiger partial charge < -0.3 is 19.2 Å². The number of methoxy groups -OCH3 is 1. The summed E-state index contributed by atoms with van der Waals surface area (Å²) < 4.78 is 19.1. The first-order valence-corrected chi connectivity index (χ1v) is 9.35.